The maximum Gasteiger partial charge on any atom is 0.281 e. The third-order valence-corrected chi connectivity index (χ3v) is 7.47. The molecule has 10 heteroatoms. The molecular weight excluding hydrogens is 476 g/mol. The highest BCUT2D eigenvalue weighted by molar-refractivity contribution is 7.90. The van der Waals surface area contributed by atoms with Crippen LogP contribution in [0.25, 0.3) is 0 Å². The number of carbonyl (C=O) groups excluding carboxylic acids is 1. The number of hydrogen-bond acceptors (Lipinski definition) is 8. The standard InChI is InChI=1S/C26H32N6O3S/c1-18-16-26(2,3)32(17-18)24-21(8-7-15-27-24)25(33)30-36(34,35)23-10-6-9-22(29-23)28-19-11-13-20(14-12-19)31(4)5/h6-15,18H,16-17H2,1-5H3,(H,28,29)(H,30,33). The largest absolute Gasteiger partial charge is 0.378 e. The van der Waals surface area contributed by atoms with Gasteiger partial charge in [-0.25, -0.2) is 14.7 Å². The number of benzene rings is 1. The number of amides is 1. The number of anilines is 4. The van der Waals surface area contributed by atoms with E-state index in [1.807, 2.05) is 43.3 Å². The van der Waals surface area contributed by atoms with Gasteiger partial charge in [0.15, 0.2) is 5.03 Å². The third kappa shape index (κ3) is 5.43. The summed E-state index contributed by atoms with van der Waals surface area (Å²) in [4.78, 5) is 25.9. The van der Waals surface area contributed by atoms with Crippen molar-refractivity contribution in [1.29, 1.82) is 0 Å². The fourth-order valence-electron chi connectivity index (χ4n) is 4.60. The number of pyridine rings is 2. The van der Waals surface area contributed by atoms with Gasteiger partial charge in [0.05, 0.1) is 5.56 Å². The summed E-state index contributed by atoms with van der Waals surface area (Å²) in [6.07, 6.45) is 2.56. The zero-order valence-electron chi connectivity index (χ0n) is 21.2. The Morgan fingerprint density at radius 2 is 1.81 bits per heavy atom. The summed E-state index contributed by atoms with van der Waals surface area (Å²) in [6, 6.07) is 15.5. The van der Waals surface area contributed by atoms with Crippen molar-refractivity contribution in [3.05, 3.63) is 66.4 Å². The molecule has 0 saturated carbocycles. The Kier molecular flexibility index (Phi) is 6.90. The summed E-state index contributed by atoms with van der Waals surface area (Å²) in [5, 5.41) is 2.85. The molecule has 1 saturated heterocycles. The number of carbonyl (C=O) groups is 1. The molecule has 1 aliphatic rings. The van der Waals surface area contributed by atoms with Crippen molar-refractivity contribution < 1.29 is 13.2 Å². The predicted octanol–water partition coefficient (Wildman–Crippen LogP) is 4.03. The topological polar surface area (TPSA) is 108 Å². The highest BCUT2D eigenvalue weighted by Crippen LogP contribution is 2.37. The molecule has 1 amide bonds. The summed E-state index contributed by atoms with van der Waals surface area (Å²) in [5.41, 5.74) is 1.80. The second-order valence-electron chi connectivity index (χ2n) is 9.97. The van der Waals surface area contributed by atoms with E-state index in [-0.39, 0.29) is 16.1 Å². The SMILES string of the molecule is CC1CN(c2ncccc2C(=O)NS(=O)(=O)c2cccc(Nc3ccc(N(C)C)cc3)n2)C(C)(C)C1. The first-order valence-corrected chi connectivity index (χ1v) is 13.3. The monoisotopic (exact) mass is 508 g/mol. The van der Waals surface area contributed by atoms with Crippen LogP contribution < -0.4 is 19.8 Å². The van der Waals surface area contributed by atoms with E-state index in [0.29, 0.717) is 17.6 Å². The smallest absolute Gasteiger partial charge is 0.281 e. The van der Waals surface area contributed by atoms with E-state index in [1.165, 1.54) is 6.07 Å². The van der Waals surface area contributed by atoms with Crippen LogP contribution in [0.5, 0.6) is 0 Å². The van der Waals surface area contributed by atoms with Crippen LogP contribution in [0.15, 0.2) is 65.8 Å². The lowest BCUT2D eigenvalue weighted by molar-refractivity contribution is 0.0981. The molecule has 3 aromatic rings. The molecule has 1 aromatic carbocycles. The lowest BCUT2D eigenvalue weighted by Gasteiger charge is -2.33. The molecule has 1 atom stereocenters. The molecule has 0 spiro atoms. The minimum Gasteiger partial charge on any atom is -0.378 e. The van der Waals surface area contributed by atoms with Crippen molar-refractivity contribution in [2.24, 2.45) is 5.92 Å². The summed E-state index contributed by atoms with van der Waals surface area (Å²) in [5.74, 6) is 0.509. The molecule has 2 aromatic heterocycles. The lowest BCUT2D eigenvalue weighted by Crippen LogP contribution is -2.41. The maximum atomic E-state index is 13.2. The van der Waals surface area contributed by atoms with Crippen molar-refractivity contribution in [3.63, 3.8) is 0 Å². The molecule has 2 N–H and O–H groups in total. The van der Waals surface area contributed by atoms with Crippen LogP contribution in [0.2, 0.25) is 0 Å². The van der Waals surface area contributed by atoms with Crippen molar-refractivity contribution >= 4 is 38.9 Å². The van der Waals surface area contributed by atoms with E-state index in [9.17, 15) is 13.2 Å². The number of sulfonamides is 1. The van der Waals surface area contributed by atoms with Gasteiger partial charge in [0.25, 0.3) is 15.9 Å². The average molecular weight is 509 g/mol. The van der Waals surface area contributed by atoms with Crippen LogP contribution in [0.3, 0.4) is 0 Å². The zero-order valence-corrected chi connectivity index (χ0v) is 22.0. The van der Waals surface area contributed by atoms with E-state index in [0.717, 1.165) is 24.3 Å². The van der Waals surface area contributed by atoms with E-state index in [2.05, 4.69) is 45.7 Å². The van der Waals surface area contributed by atoms with Gasteiger partial charge in [-0.2, -0.15) is 8.42 Å². The quantitative estimate of drug-likeness (QED) is 0.493. The van der Waals surface area contributed by atoms with Gasteiger partial charge in [-0.1, -0.05) is 13.0 Å². The molecule has 1 aliphatic heterocycles. The van der Waals surface area contributed by atoms with Gasteiger partial charge in [0.1, 0.15) is 11.6 Å². The molecule has 3 heterocycles. The Bertz CT molecular complexity index is 1360. The molecule has 0 aliphatic carbocycles. The Hall–Kier alpha value is -3.66. The van der Waals surface area contributed by atoms with E-state index in [1.54, 1.807) is 30.5 Å². The number of hydrogen-bond donors (Lipinski definition) is 2. The average Bonchev–Trinajstić information content (AvgIpc) is 3.11. The first kappa shape index (κ1) is 25.4. The van der Waals surface area contributed by atoms with Crippen LogP contribution in [0, 0.1) is 5.92 Å². The molecule has 36 heavy (non-hydrogen) atoms. The number of aromatic nitrogens is 2. The van der Waals surface area contributed by atoms with Gasteiger partial charge in [0, 0.05) is 43.8 Å². The molecular formula is C26H32N6O3S. The molecule has 0 radical (unpaired) electrons. The highest BCUT2D eigenvalue weighted by atomic mass is 32.2. The number of nitrogens with zero attached hydrogens (tertiary/aromatic N) is 4. The van der Waals surface area contributed by atoms with Crippen molar-refractivity contribution in [3.8, 4) is 0 Å². The third-order valence-electron chi connectivity index (χ3n) is 6.24. The number of rotatable bonds is 7. The van der Waals surface area contributed by atoms with Crippen LogP contribution >= 0.6 is 0 Å². The molecule has 9 nitrogen and oxygen atoms in total. The fourth-order valence-corrected chi connectivity index (χ4v) is 5.54. The Balaban J connectivity index is 1.54. The van der Waals surface area contributed by atoms with Gasteiger partial charge in [-0.05, 0) is 74.7 Å². The van der Waals surface area contributed by atoms with Gasteiger partial charge >= 0.3 is 0 Å². The molecule has 1 unspecified atom stereocenters. The normalized spacial score (nSPS) is 17.0. The second-order valence-corrected chi connectivity index (χ2v) is 11.6. The van der Waals surface area contributed by atoms with Gasteiger partial charge in [-0.3, -0.25) is 4.79 Å². The predicted molar refractivity (Wildman–Crippen MR) is 142 cm³/mol. The van der Waals surface area contributed by atoms with Crippen LogP contribution in [-0.4, -0.2) is 50.5 Å². The summed E-state index contributed by atoms with van der Waals surface area (Å²) >= 11 is 0. The summed E-state index contributed by atoms with van der Waals surface area (Å²) in [7, 11) is -0.320. The Morgan fingerprint density at radius 1 is 1.08 bits per heavy atom. The Morgan fingerprint density at radius 3 is 2.44 bits per heavy atom. The van der Waals surface area contributed by atoms with E-state index < -0.39 is 15.9 Å². The highest BCUT2D eigenvalue weighted by Gasteiger charge is 2.39. The zero-order chi connectivity index (χ0) is 26.1. The maximum absolute atomic E-state index is 13.2. The summed E-state index contributed by atoms with van der Waals surface area (Å²) < 4.78 is 28.4. The minimum absolute atomic E-state index is 0.200. The minimum atomic E-state index is -4.22. The van der Waals surface area contributed by atoms with E-state index in [4.69, 9.17) is 0 Å². The first-order chi connectivity index (χ1) is 17.0. The lowest BCUT2D eigenvalue weighted by atomic mass is 9.97. The van der Waals surface area contributed by atoms with Crippen LogP contribution in [-0.2, 0) is 10.0 Å². The molecule has 190 valence electrons. The van der Waals surface area contributed by atoms with Crippen molar-refractivity contribution in [1.82, 2.24) is 14.7 Å². The number of nitrogens with one attached hydrogen (secondary N) is 2. The Labute approximate surface area is 212 Å². The van der Waals surface area contributed by atoms with Gasteiger partial charge < -0.3 is 15.1 Å². The fraction of sp³-hybridized carbons (Fsp3) is 0.346. The second kappa shape index (κ2) is 9.77. The van der Waals surface area contributed by atoms with E-state index >= 15 is 0 Å². The van der Waals surface area contributed by atoms with Gasteiger partial charge in [0.2, 0.25) is 0 Å². The van der Waals surface area contributed by atoms with Gasteiger partial charge in [-0.15, -0.1) is 0 Å². The van der Waals surface area contributed by atoms with Crippen LogP contribution in [0.1, 0.15) is 37.6 Å². The van der Waals surface area contributed by atoms with Crippen molar-refractivity contribution in [2.45, 2.75) is 37.8 Å². The van der Waals surface area contributed by atoms with Crippen LogP contribution in [0.4, 0.5) is 23.0 Å². The molecule has 4 rings (SSSR count). The summed E-state index contributed by atoms with van der Waals surface area (Å²) in [6.45, 7) is 7.08. The van der Waals surface area contributed by atoms with Crippen molar-refractivity contribution in [2.75, 3.05) is 35.8 Å². The first-order valence-electron chi connectivity index (χ1n) is 11.8. The molecule has 1 fully saturated rings. The molecule has 0 bridgehead atoms.